The lowest BCUT2D eigenvalue weighted by atomic mass is 9.85. The van der Waals surface area contributed by atoms with Gasteiger partial charge >= 0.3 is 0 Å². The van der Waals surface area contributed by atoms with Crippen LogP contribution in [0.5, 0.6) is 11.5 Å². The van der Waals surface area contributed by atoms with E-state index in [9.17, 15) is 4.79 Å². The maximum absolute atomic E-state index is 14.0. The Morgan fingerprint density at radius 2 is 1.87 bits per heavy atom. The molecule has 6 aromatic rings. The van der Waals surface area contributed by atoms with Crippen molar-refractivity contribution in [3.05, 3.63) is 106 Å². The van der Waals surface area contributed by atoms with E-state index >= 15 is 0 Å². The molecule has 0 fully saturated rings. The van der Waals surface area contributed by atoms with Crippen LogP contribution in [0.25, 0.3) is 33.9 Å². The lowest BCUT2D eigenvalue weighted by Crippen LogP contribution is -2.18. The number of thiazole rings is 1. The monoisotopic (exact) mass is 615 g/mol. The number of para-hydroxylation sites is 1. The molecule has 3 heterocycles. The van der Waals surface area contributed by atoms with E-state index in [1.54, 1.807) is 20.4 Å². The molecule has 1 amide bonds. The summed E-state index contributed by atoms with van der Waals surface area (Å²) in [5, 5.41) is 18.9. The molecule has 224 valence electrons. The molecular formula is C34H29N7O3S. The zero-order valence-electron chi connectivity index (χ0n) is 24.7. The molecule has 45 heavy (non-hydrogen) atoms. The number of nitrogens with one attached hydrogen (secondary N) is 2. The maximum atomic E-state index is 14.0. The van der Waals surface area contributed by atoms with Gasteiger partial charge in [0.15, 0.2) is 16.6 Å². The molecule has 0 unspecified atom stereocenters. The molecule has 0 atom stereocenters. The van der Waals surface area contributed by atoms with Crippen LogP contribution >= 0.6 is 11.3 Å². The Morgan fingerprint density at radius 3 is 2.71 bits per heavy atom. The Balaban J connectivity index is 1.21. The highest BCUT2D eigenvalue weighted by Gasteiger charge is 2.26. The summed E-state index contributed by atoms with van der Waals surface area (Å²) in [5.74, 6) is 1.69. The van der Waals surface area contributed by atoms with Crippen LogP contribution in [0.4, 0.5) is 5.13 Å². The first-order valence-electron chi connectivity index (χ1n) is 14.5. The predicted molar refractivity (Wildman–Crippen MR) is 175 cm³/mol. The molecule has 0 bridgehead atoms. The number of benzene rings is 3. The normalized spacial score (nSPS) is 13.5. The van der Waals surface area contributed by atoms with Gasteiger partial charge in [-0.15, -0.1) is 21.5 Å². The smallest absolute Gasteiger partial charge is 0.258 e. The maximum Gasteiger partial charge on any atom is 0.258 e. The van der Waals surface area contributed by atoms with Crippen LogP contribution in [0, 0.1) is 0 Å². The van der Waals surface area contributed by atoms with Crippen LogP contribution in [-0.4, -0.2) is 50.7 Å². The van der Waals surface area contributed by atoms with Crippen LogP contribution in [0.15, 0.2) is 72.9 Å². The van der Waals surface area contributed by atoms with Gasteiger partial charge in [0, 0.05) is 28.4 Å². The van der Waals surface area contributed by atoms with E-state index in [-0.39, 0.29) is 5.91 Å². The number of aromatic nitrogens is 6. The standard InChI is InChI=1S/C34H29N7O3S/c1-43-28-15-14-20(17-29(28)44-2)16-22-9-7-12-26-30(25-11-5-6-13-27(25)36-31(22)26)33(42)37-34-35-19-23(45-34)18-21-8-3-4-10-24(21)32-38-40-41-39-32/h3-6,8,10-11,13-17,19H,7,9,12,18H2,1-2H3,(H,35,37,42)(H,38,39,40,41)/b22-16-. The van der Waals surface area contributed by atoms with Gasteiger partial charge in [0.1, 0.15) is 0 Å². The topological polar surface area (TPSA) is 128 Å². The zero-order valence-corrected chi connectivity index (χ0v) is 25.5. The summed E-state index contributed by atoms with van der Waals surface area (Å²) in [4.78, 5) is 24.7. The van der Waals surface area contributed by atoms with Crippen molar-refractivity contribution in [3.63, 3.8) is 0 Å². The number of nitrogens with zero attached hydrogens (tertiary/aromatic N) is 5. The number of hydrogen-bond donors (Lipinski definition) is 2. The molecule has 3 aromatic carbocycles. The minimum atomic E-state index is -0.190. The molecular weight excluding hydrogens is 586 g/mol. The van der Waals surface area contributed by atoms with Gasteiger partial charge in [0.25, 0.3) is 5.91 Å². The predicted octanol–water partition coefficient (Wildman–Crippen LogP) is 6.61. The average molecular weight is 616 g/mol. The van der Waals surface area contributed by atoms with Crippen molar-refractivity contribution in [1.29, 1.82) is 0 Å². The van der Waals surface area contributed by atoms with E-state index in [1.165, 1.54) is 11.3 Å². The molecule has 0 spiro atoms. The molecule has 0 saturated heterocycles. The van der Waals surface area contributed by atoms with Crippen LogP contribution in [0.1, 0.15) is 50.5 Å². The number of aromatic amines is 1. The first kappa shape index (κ1) is 28.4. The van der Waals surface area contributed by atoms with Gasteiger partial charge in [-0.1, -0.05) is 48.5 Å². The number of pyridine rings is 1. The van der Waals surface area contributed by atoms with Gasteiger partial charge in [-0.25, -0.2) is 9.97 Å². The van der Waals surface area contributed by atoms with Crippen molar-refractivity contribution in [2.75, 3.05) is 19.5 Å². The molecule has 7 rings (SSSR count). The van der Waals surface area contributed by atoms with Crippen molar-refractivity contribution >= 4 is 44.9 Å². The summed E-state index contributed by atoms with van der Waals surface area (Å²) in [7, 11) is 3.25. The largest absolute Gasteiger partial charge is 0.493 e. The van der Waals surface area contributed by atoms with E-state index in [1.807, 2.05) is 66.7 Å². The van der Waals surface area contributed by atoms with E-state index < -0.39 is 0 Å². The zero-order chi connectivity index (χ0) is 30.8. The fourth-order valence-corrected chi connectivity index (χ4v) is 6.67. The van der Waals surface area contributed by atoms with Gasteiger partial charge < -0.3 is 9.47 Å². The van der Waals surface area contributed by atoms with Crippen LogP contribution in [0.3, 0.4) is 0 Å². The average Bonchev–Trinajstić information content (AvgIpc) is 3.77. The number of H-pyrrole nitrogens is 1. The number of hydrogen-bond acceptors (Lipinski definition) is 9. The third-order valence-corrected chi connectivity index (χ3v) is 8.80. The number of methoxy groups -OCH3 is 2. The van der Waals surface area contributed by atoms with Crippen LogP contribution in [-0.2, 0) is 12.8 Å². The lowest BCUT2D eigenvalue weighted by molar-refractivity contribution is 0.102. The summed E-state index contributed by atoms with van der Waals surface area (Å²) in [6.45, 7) is 0. The van der Waals surface area contributed by atoms with E-state index in [0.717, 1.165) is 68.6 Å². The molecule has 0 aliphatic heterocycles. The van der Waals surface area contributed by atoms with Crippen molar-refractivity contribution in [2.45, 2.75) is 25.7 Å². The molecule has 3 aromatic heterocycles. The number of rotatable bonds is 8. The van der Waals surface area contributed by atoms with E-state index in [0.29, 0.717) is 34.4 Å². The SMILES string of the molecule is COc1ccc(/C=C2/CCCc3c2nc2ccccc2c3C(=O)Nc2ncc(Cc3ccccc3-c3nn[nH]n3)s2)cc1OC. The quantitative estimate of drug-likeness (QED) is 0.196. The Hall–Kier alpha value is -5.42. The Kier molecular flexibility index (Phi) is 7.75. The van der Waals surface area contributed by atoms with E-state index in [2.05, 4.69) is 37.0 Å². The Bertz CT molecular complexity index is 2050. The summed E-state index contributed by atoms with van der Waals surface area (Å²) in [6, 6.07) is 21.6. The summed E-state index contributed by atoms with van der Waals surface area (Å²) < 4.78 is 10.9. The van der Waals surface area contributed by atoms with Crippen molar-refractivity contribution in [3.8, 4) is 22.9 Å². The fraction of sp³-hybridized carbons (Fsp3) is 0.176. The van der Waals surface area contributed by atoms with Gasteiger partial charge in [-0.2, -0.15) is 5.21 Å². The number of amides is 1. The first-order chi connectivity index (χ1) is 22.1. The molecule has 1 aliphatic carbocycles. The molecule has 11 heteroatoms. The molecule has 0 radical (unpaired) electrons. The van der Waals surface area contributed by atoms with Crippen LogP contribution < -0.4 is 14.8 Å². The second kappa shape index (κ2) is 12.3. The fourth-order valence-electron chi connectivity index (χ4n) is 5.84. The minimum absolute atomic E-state index is 0.190. The second-order valence-electron chi connectivity index (χ2n) is 10.6. The minimum Gasteiger partial charge on any atom is -0.493 e. The lowest BCUT2D eigenvalue weighted by Gasteiger charge is -2.22. The number of ether oxygens (including phenoxy) is 2. The van der Waals surface area contributed by atoms with Crippen molar-refractivity contribution in [1.82, 2.24) is 30.6 Å². The summed E-state index contributed by atoms with van der Waals surface area (Å²) >= 11 is 1.45. The third-order valence-electron chi connectivity index (χ3n) is 7.89. The molecule has 2 N–H and O–H groups in total. The van der Waals surface area contributed by atoms with Gasteiger partial charge in [0.05, 0.1) is 31.0 Å². The number of carbonyl (C=O) groups is 1. The number of allylic oxidation sites excluding steroid dienone is 1. The first-order valence-corrected chi connectivity index (χ1v) is 15.4. The highest BCUT2D eigenvalue weighted by Crippen LogP contribution is 2.38. The second-order valence-corrected chi connectivity index (χ2v) is 11.7. The summed E-state index contributed by atoms with van der Waals surface area (Å²) in [5.41, 5.74) is 7.24. The molecule has 1 aliphatic rings. The molecule has 0 saturated carbocycles. The highest BCUT2D eigenvalue weighted by molar-refractivity contribution is 7.15. The van der Waals surface area contributed by atoms with E-state index in [4.69, 9.17) is 14.5 Å². The number of anilines is 1. The number of tetrazole rings is 1. The van der Waals surface area contributed by atoms with Gasteiger partial charge in [0.2, 0.25) is 5.82 Å². The summed E-state index contributed by atoms with van der Waals surface area (Å²) in [6.07, 6.45) is 7.08. The highest BCUT2D eigenvalue weighted by atomic mass is 32.1. The Labute approximate surface area is 263 Å². The van der Waals surface area contributed by atoms with Crippen LogP contribution in [0.2, 0.25) is 0 Å². The van der Waals surface area contributed by atoms with Gasteiger partial charge in [-0.05, 0) is 71.0 Å². The third kappa shape index (κ3) is 5.65. The Morgan fingerprint density at radius 1 is 1.02 bits per heavy atom. The van der Waals surface area contributed by atoms with Crippen molar-refractivity contribution in [2.24, 2.45) is 0 Å². The van der Waals surface area contributed by atoms with Gasteiger partial charge in [-0.3, -0.25) is 10.1 Å². The number of carbonyl (C=O) groups excluding carboxylic acids is 1. The number of fused-ring (bicyclic) bond motifs is 2. The molecule has 10 nitrogen and oxygen atoms in total. The van der Waals surface area contributed by atoms with Crippen molar-refractivity contribution < 1.29 is 14.3 Å².